The fraction of sp³-hybridized carbons (Fsp3) is 0.484. The van der Waals surface area contributed by atoms with Crippen molar-refractivity contribution in [2.75, 3.05) is 13.1 Å². The first-order valence-corrected chi connectivity index (χ1v) is 13.9. The summed E-state index contributed by atoms with van der Waals surface area (Å²) >= 11 is 0. The van der Waals surface area contributed by atoms with Crippen molar-refractivity contribution >= 4 is 5.97 Å². The lowest BCUT2D eigenvalue weighted by molar-refractivity contribution is -0.139. The molecule has 8 nitrogen and oxygen atoms in total. The average Bonchev–Trinajstić information content (AvgIpc) is 2.92. The van der Waals surface area contributed by atoms with Gasteiger partial charge in [-0.25, -0.2) is 0 Å². The number of carbonyl (C=O) groups is 1. The minimum atomic E-state index is -0.814. The number of aromatic nitrogens is 3. The smallest absolute Gasteiger partial charge is 0.317 e. The van der Waals surface area contributed by atoms with Crippen molar-refractivity contribution < 1.29 is 9.90 Å². The quantitative estimate of drug-likeness (QED) is 0.356. The van der Waals surface area contributed by atoms with Gasteiger partial charge in [0.05, 0.1) is 23.6 Å². The number of nitrogens with zero attached hydrogens (tertiary/aromatic N) is 5. The standard InChI is InChI=1S/C31H42N6O2/c1-31(2,3)23-37(21-26-12-6-9-15-34-26)29-17-27(35-19-24-10-4-7-13-32-24)16-28(18-29)36(22-30(38)39)20-25-11-5-8-14-33-25/h4-15,27-29,35H,16-23H2,1-3H3,(H,38,39). The molecule has 2 N–H and O–H groups in total. The summed E-state index contributed by atoms with van der Waals surface area (Å²) in [5.41, 5.74) is 3.05. The van der Waals surface area contributed by atoms with E-state index in [9.17, 15) is 9.90 Å². The maximum Gasteiger partial charge on any atom is 0.317 e. The van der Waals surface area contributed by atoms with Crippen LogP contribution in [-0.4, -0.2) is 67.0 Å². The van der Waals surface area contributed by atoms with Gasteiger partial charge >= 0.3 is 5.97 Å². The van der Waals surface area contributed by atoms with Crippen molar-refractivity contribution in [3.8, 4) is 0 Å². The normalized spacial score (nSPS) is 19.9. The molecule has 8 heteroatoms. The van der Waals surface area contributed by atoms with Crippen molar-refractivity contribution in [2.24, 2.45) is 5.41 Å². The summed E-state index contributed by atoms with van der Waals surface area (Å²) in [7, 11) is 0. The highest BCUT2D eigenvalue weighted by Crippen LogP contribution is 2.31. The van der Waals surface area contributed by atoms with E-state index in [2.05, 4.69) is 56.9 Å². The summed E-state index contributed by atoms with van der Waals surface area (Å²) in [6.07, 6.45) is 8.20. The van der Waals surface area contributed by atoms with Gasteiger partial charge in [0.1, 0.15) is 0 Å². The Morgan fingerprint density at radius 2 is 1.33 bits per heavy atom. The molecule has 3 aromatic heterocycles. The summed E-state index contributed by atoms with van der Waals surface area (Å²) < 4.78 is 0. The number of carboxylic acids is 1. The highest BCUT2D eigenvalue weighted by molar-refractivity contribution is 5.69. The first-order valence-electron chi connectivity index (χ1n) is 13.9. The SMILES string of the molecule is CC(C)(C)CN(Cc1ccccn1)C1CC(NCc2ccccn2)CC(N(CC(=O)O)Cc2ccccn2)C1. The summed E-state index contributed by atoms with van der Waals surface area (Å²) in [5, 5.41) is 13.6. The van der Waals surface area contributed by atoms with E-state index in [0.29, 0.717) is 13.1 Å². The molecule has 0 bridgehead atoms. The Labute approximate surface area is 232 Å². The molecule has 3 aromatic rings. The second-order valence-corrected chi connectivity index (χ2v) is 11.8. The van der Waals surface area contributed by atoms with Gasteiger partial charge in [-0.2, -0.15) is 0 Å². The van der Waals surface area contributed by atoms with Crippen LogP contribution in [0.15, 0.2) is 73.2 Å². The Bertz CT molecular complexity index is 1140. The van der Waals surface area contributed by atoms with E-state index in [1.807, 2.05) is 60.9 Å². The van der Waals surface area contributed by atoms with Crippen LogP contribution < -0.4 is 5.32 Å². The lowest BCUT2D eigenvalue weighted by Gasteiger charge is -2.46. The van der Waals surface area contributed by atoms with Crippen molar-refractivity contribution in [1.29, 1.82) is 0 Å². The van der Waals surface area contributed by atoms with Gasteiger partial charge in [-0.3, -0.25) is 29.5 Å². The molecule has 3 atom stereocenters. The molecule has 0 radical (unpaired) electrons. The van der Waals surface area contributed by atoms with Crippen LogP contribution in [0, 0.1) is 5.41 Å². The molecule has 1 aliphatic rings. The van der Waals surface area contributed by atoms with E-state index in [0.717, 1.165) is 49.4 Å². The van der Waals surface area contributed by atoms with Gasteiger partial charge in [0, 0.05) is 62.9 Å². The van der Waals surface area contributed by atoms with E-state index in [1.54, 1.807) is 6.20 Å². The predicted molar refractivity (Wildman–Crippen MR) is 153 cm³/mol. The molecule has 1 fully saturated rings. The van der Waals surface area contributed by atoms with Crippen LogP contribution in [0.2, 0.25) is 0 Å². The van der Waals surface area contributed by atoms with E-state index in [-0.39, 0.29) is 30.1 Å². The van der Waals surface area contributed by atoms with Crippen molar-refractivity contribution in [1.82, 2.24) is 30.1 Å². The van der Waals surface area contributed by atoms with E-state index in [4.69, 9.17) is 0 Å². The van der Waals surface area contributed by atoms with Gasteiger partial charge in [-0.1, -0.05) is 39.0 Å². The summed E-state index contributed by atoms with van der Waals surface area (Å²) in [6, 6.07) is 18.5. The lowest BCUT2D eigenvalue weighted by atomic mass is 9.83. The lowest BCUT2D eigenvalue weighted by Crippen LogP contribution is -2.54. The molecule has 0 aliphatic heterocycles. The van der Waals surface area contributed by atoms with E-state index >= 15 is 0 Å². The van der Waals surface area contributed by atoms with Gasteiger partial charge in [-0.15, -0.1) is 0 Å². The van der Waals surface area contributed by atoms with Crippen LogP contribution in [-0.2, 0) is 24.4 Å². The molecule has 3 unspecified atom stereocenters. The Kier molecular flexibility index (Phi) is 10.1. The van der Waals surface area contributed by atoms with Gasteiger partial charge in [0.15, 0.2) is 0 Å². The fourth-order valence-electron chi connectivity index (χ4n) is 5.58. The minimum Gasteiger partial charge on any atom is -0.480 e. The van der Waals surface area contributed by atoms with Gasteiger partial charge in [-0.05, 0) is 61.1 Å². The first kappa shape index (κ1) is 28.8. The molecule has 39 heavy (non-hydrogen) atoms. The Morgan fingerprint density at radius 1 is 0.821 bits per heavy atom. The number of carboxylic acid groups (broad SMARTS) is 1. The molecule has 0 amide bonds. The third-order valence-electron chi connectivity index (χ3n) is 7.19. The average molecular weight is 531 g/mol. The maximum atomic E-state index is 12.0. The minimum absolute atomic E-state index is 0.0135. The van der Waals surface area contributed by atoms with Crippen LogP contribution in [0.5, 0.6) is 0 Å². The zero-order valence-corrected chi connectivity index (χ0v) is 23.4. The topological polar surface area (TPSA) is 94.5 Å². The Balaban J connectivity index is 1.60. The predicted octanol–water partition coefficient (Wildman–Crippen LogP) is 4.39. The second kappa shape index (κ2) is 13.7. The Morgan fingerprint density at radius 3 is 1.82 bits per heavy atom. The molecular weight excluding hydrogens is 488 g/mol. The second-order valence-electron chi connectivity index (χ2n) is 11.8. The molecule has 4 rings (SSSR count). The van der Waals surface area contributed by atoms with Crippen LogP contribution in [0.25, 0.3) is 0 Å². The largest absolute Gasteiger partial charge is 0.480 e. The third kappa shape index (κ3) is 9.49. The number of hydrogen-bond acceptors (Lipinski definition) is 7. The maximum absolute atomic E-state index is 12.0. The molecule has 0 saturated heterocycles. The molecular formula is C31H42N6O2. The van der Waals surface area contributed by atoms with Crippen molar-refractivity contribution in [3.05, 3.63) is 90.3 Å². The highest BCUT2D eigenvalue weighted by Gasteiger charge is 2.37. The number of nitrogens with one attached hydrogen (secondary N) is 1. The molecule has 3 heterocycles. The molecule has 0 aromatic carbocycles. The third-order valence-corrected chi connectivity index (χ3v) is 7.19. The van der Waals surface area contributed by atoms with Crippen LogP contribution in [0.3, 0.4) is 0 Å². The van der Waals surface area contributed by atoms with E-state index < -0.39 is 5.97 Å². The fourth-order valence-corrected chi connectivity index (χ4v) is 5.58. The number of aliphatic carboxylic acids is 1. The number of hydrogen-bond donors (Lipinski definition) is 2. The van der Waals surface area contributed by atoms with Gasteiger partial charge in [0.2, 0.25) is 0 Å². The summed E-state index contributed by atoms with van der Waals surface area (Å²) in [4.78, 5) is 30.2. The Hall–Kier alpha value is -3.20. The zero-order chi connectivity index (χ0) is 27.7. The van der Waals surface area contributed by atoms with Gasteiger partial charge < -0.3 is 10.4 Å². The monoisotopic (exact) mass is 530 g/mol. The van der Waals surface area contributed by atoms with Crippen LogP contribution in [0.4, 0.5) is 0 Å². The molecule has 1 saturated carbocycles. The highest BCUT2D eigenvalue weighted by atomic mass is 16.4. The van der Waals surface area contributed by atoms with Crippen molar-refractivity contribution in [2.45, 2.75) is 77.8 Å². The summed E-state index contributed by atoms with van der Waals surface area (Å²) in [6.45, 7) is 9.68. The molecule has 0 spiro atoms. The number of pyridine rings is 3. The zero-order valence-electron chi connectivity index (χ0n) is 23.4. The van der Waals surface area contributed by atoms with Gasteiger partial charge in [0.25, 0.3) is 0 Å². The van der Waals surface area contributed by atoms with Crippen molar-refractivity contribution in [3.63, 3.8) is 0 Å². The van der Waals surface area contributed by atoms with Crippen LogP contribution in [0.1, 0.15) is 57.1 Å². The van der Waals surface area contributed by atoms with E-state index in [1.165, 1.54) is 0 Å². The molecule has 208 valence electrons. The molecule has 1 aliphatic carbocycles. The first-order chi connectivity index (χ1) is 18.7. The number of rotatable bonds is 12. The summed E-state index contributed by atoms with van der Waals surface area (Å²) in [5.74, 6) is -0.814. The van der Waals surface area contributed by atoms with Crippen LogP contribution >= 0.6 is 0 Å².